The first-order valence-corrected chi connectivity index (χ1v) is 8.14. The quantitative estimate of drug-likeness (QED) is 0.845. The number of quaternary nitrogens is 1. The van der Waals surface area contributed by atoms with E-state index in [0.29, 0.717) is 18.7 Å². The second-order valence-corrected chi connectivity index (χ2v) is 6.50. The molecule has 1 amide bonds. The lowest BCUT2D eigenvalue weighted by Crippen LogP contribution is -3.08. The average molecular weight is 373 g/mol. The fraction of sp³-hybridized carbons (Fsp3) is 0.222. The van der Waals surface area contributed by atoms with Crippen molar-refractivity contribution >= 4 is 27.5 Å². The Morgan fingerprint density at radius 1 is 1.30 bits per heavy atom. The third-order valence-corrected chi connectivity index (χ3v) is 4.05. The molecule has 0 bridgehead atoms. The number of carbonyl (C=O) groups excluding carboxylic acids is 1. The van der Waals surface area contributed by atoms with Gasteiger partial charge >= 0.3 is 0 Å². The molecule has 0 saturated carbocycles. The molecular formula is C18H19BrN3O+. The summed E-state index contributed by atoms with van der Waals surface area (Å²) in [6, 6.07) is 15.4. The van der Waals surface area contributed by atoms with Crippen LogP contribution in [-0.2, 0) is 11.3 Å². The van der Waals surface area contributed by atoms with Gasteiger partial charge in [0.2, 0.25) is 0 Å². The second-order valence-electron chi connectivity index (χ2n) is 5.59. The highest BCUT2D eigenvalue weighted by Gasteiger charge is 2.13. The Kier molecular flexibility index (Phi) is 5.91. The van der Waals surface area contributed by atoms with Crippen molar-refractivity contribution in [2.75, 3.05) is 18.9 Å². The minimum atomic E-state index is -0.0395. The number of hydrogen-bond donors (Lipinski definition) is 2. The summed E-state index contributed by atoms with van der Waals surface area (Å²) in [6.07, 6.45) is 0. The van der Waals surface area contributed by atoms with Gasteiger partial charge in [0.15, 0.2) is 6.54 Å². The number of aryl methyl sites for hydroxylation is 1. The fourth-order valence-electron chi connectivity index (χ4n) is 2.41. The van der Waals surface area contributed by atoms with E-state index < -0.39 is 0 Å². The molecule has 2 aromatic rings. The van der Waals surface area contributed by atoms with Crippen LogP contribution >= 0.6 is 15.9 Å². The van der Waals surface area contributed by atoms with Gasteiger partial charge in [-0.15, -0.1) is 0 Å². The molecule has 0 aliphatic carbocycles. The van der Waals surface area contributed by atoms with Crippen molar-refractivity contribution in [3.8, 4) is 6.07 Å². The predicted molar refractivity (Wildman–Crippen MR) is 94.1 cm³/mol. The summed E-state index contributed by atoms with van der Waals surface area (Å²) < 4.78 is 0.990. The van der Waals surface area contributed by atoms with Gasteiger partial charge < -0.3 is 10.2 Å². The Hall–Kier alpha value is -2.16. The van der Waals surface area contributed by atoms with Gasteiger partial charge in [-0.1, -0.05) is 34.1 Å². The molecular weight excluding hydrogens is 354 g/mol. The van der Waals surface area contributed by atoms with Gasteiger partial charge in [0.05, 0.1) is 18.7 Å². The third-order valence-electron chi connectivity index (χ3n) is 3.55. The van der Waals surface area contributed by atoms with Crippen LogP contribution in [0.1, 0.15) is 16.7 Å². The molecule has 0 aliphatic rings. The molecule has 4 nitrogen and oxygen atoms in total. The van der Waals surface area contributed by atoms with Crippen LogP contribution in [-0.4, -0.2) is 19.5 Å². The number of hydrogen-bond acceptors (Lipinski definition) is 2. The largest absolute Gasteiger partial charge is 0.326 e. The molecule has 2 rings (SSSR count). The van der Waals surface area contributed by atoms with E-state index in [1.165, 1.54) is 0 Å². The molecule has 0 aliphatic heterocycles. The van der Waals surface area contributed by atoms with Gasteiger partial charge in [-0.2, -0.15) is 5.26 Å². The number of nitrogens with one attached hydrogen (secondary N) is 2. The Balaban J connectivity index is 1.96. The zero-order valence-corrected chi connectivity index (χ0v) is 14.8. The Morgan fingerprint density at radius 2 is 2.04 bits per heavy atom. The molecule has 2 N–H and O–H groups in total. The molecule has 2 aromatic carbocycles. The van der Waals surface area contributed by atoms with Gasteiger partial charge in [0.1, 0.15) is 6.54 Å². The fourth-order valence-corrected chi connectivity index (χ4v) is 2.88. The van der Waals surface area contributed by atoms with Crippen LogP contribution in [0, 0.1) is 18.3 Å². The molecule has 118 valence electrons. The molecule has 0 spiro atoms. The standard InChI is InChI=1S/C18H18BrN3O/c1-13-9-16(19)7-8-17(13)21-18(23)12-22(2)11-15-6-4-3-5-14(15)10-20/h3-9H,11-12H2,1-2H3,(H,21,23)/p+1. The number of amides is 1. The van der Waals surface area contributed by atoms with Gasteiger partial charge in [0, 0.05) is 15.7 Å². The number of nitriles is 1. The summed E-state index contributed by atoms with van der Waals surface area (Å²) in [5.74, 6) is -0.0395. The number of rotatable bonds is 5. The lowest BCUT2D eigenvalue weighted by molar-refractivity contribution is -0.885. The predicted octanol–water partition coefficient (Wildman–Crippen LogP) is 2.28. The Bertz CT molecular complexity index is 752. The van der Waals surface area contributed by atoms with Crippen LogP contribution in [0.25, 0.3) is 0 Å². The van der Waals surface area contributed by atoms with Crippen molar-refractivity contribution in [3.05, 3.63) is 63.6 Å². The Morgan fingerprint density at radius 3 is 2.74 bits per heavy atom. The van der Waals surface area contributed by atoms with Crippen molar-refractivity contribution in [2.45, 2.75) is 13.5 Å². The number of carbonyl (C=O) groups is 1. The zero-order chi connectivity index (χ0) is 16.8. The number of likely N-dealkylation sites (N-methyl/N-ethyl adjacent to an activating group) is 1. The Labute approximate surface area is 144 Å². The van der Waals surface area contributed by atoms with Crippen LogP contribution in [0.5, 0.6) is 0 Å². The molecule has 23 heavy (non-hydrogen) atoms. The molecule has 5 heteroatoms. The van der Waals surface area contributed by atoms with E-state index >= 15 is 0 Å². The van der Waals surface area contributed by atoms with E-state index in [4.69, 9.17) is 5.26 Å². The monoisotopic (exact) mass is 372 g/mol. The van der Waals surface area contributed by atoms with E-state index in [1.807, 2.05) is 50.4 Å². The maximum Gasteiger partial charge on any atom is 0.279 e. The van der Waals surface area contributed by atoms with E-state index in [9.17, 15) is 4.79 Å². The number of halogens is 1. The molecule has 0 fully saturated rings. The summed E-state index contributed by atoms with van der Waals surface area (Å²) in [7, 11) is 1.95. The van der Waals surface area contributed by atoms with Crippen molar-refractivity contribution in [3.63, 3.8) is 0 Å². The van der Waals surface area contributed by atoms with Crippen molar-refractivity contribution in [2.24, 2.45) is 0 Å². The summed E-state index contributed by atoms with van der Waals surface area (Å²) in [6.45, 7) is 2.94. The summed E-state index contributed by atoms with van der Waals surface area (Å²) >= 11 is 3.41. The molecule has 0 radical (unpaired) electrons. The average Bonchev–Trinajstić information content (AvgIpc) is 2.50. The minimum absolute atomic E-state index is 0.0395. The summed E-state index contributed by atoms with van der Waals surface area (Å²) in [5.41, 5.74) is 3.46. The highest BCUT2D eigenvalue weighted by atomic mass is 79.9. The summed E-state index contributed by atoms with van der Waals surface area (Å²) in [5, 5.41) is 12.1. The van der Waals surface area contributed by atoms with Crippen molar-refractivity contribution in [1.29, 1.82) is 5.26 Å². The highest BCUT2D eigenvalue weighted by Crippen LogP contribution is 2.19. The minimum Gasteiger partial charge on any atom is -0.326 e. The van der Waals surface area contributed by atoms with E-state index in [0.717, 1.165) is 26.2 Å². The smallest absolute Gasteiger partial charge is 0.279 e. The SMILES string of the molecule is Cc1cc(Br)ccc1NC(=O)C[NH+](C)Cc1ccccc1C#N. The first-order chi connectivity index (χ1) is 11.0. The van der Waals surface area contributed by atoms with Crippen LogP contribution in [0.3, 0.4) is 0 Å². The highest BCUT2D eigenvalue weighted by molar-refractivity contribution is 9.10. The normalized spacial score (nSPS) is 11.6. The van der Waals surface area contributed by atoms with Gasteiger partial charge in [-0.05, 0) is 36.8 Å². The lowest BCUT2D eigenvalue weighted by Gasteiger charge is -2.15. The van der Waals surface area contributed by atoms with E-state index in [-0.39, 0.29) is 5.91 Å². The lowest BCUT2D eigenvalue weighted by atomic mass is 10.1. The topological polar surface area (TPSA) is 57.3 Å². The van der Waals surface area contributed by atoms with Gasteiger partial charge in [0.25, 0.3) is 5.91 Å². The first kappa shape index (κ1) is 17.2. The van der Waals surface area contributed by atoms with E-state index in [2.05, 4.69) is 27.3 Å². The van der Waals surface area contributed by atoms with Gasteiger partial charge in [-0.25, -0.2) is 0 Å². The van der Waals surface area contributed by atoms with Crippen LogP contribution in [0.2, 0.25) is 0 Å². The van der Waals surface area contributed by atoms with E-state index in [1.54, 1.807) is 6.07 Å². The van der Waals surface area contributed by atoms with Crippen molar-refractivity contribution in [1.82, 2.24) is 0 Å². The first-order valence-electron chi connectivity index (χ1n) is 7.35. The summed E-state index contributed by atoms with van der Waals surface area (Å²) in [4.78, 5) is 13.2. The van der Waals surface area contributed by atoms with Gasteiger partial charge in [-0.3, -0.25) is 4.79 Å². The van der Waals surface area contributed by atoms with Crippen LogP contribution < -0.4 is 10.2 Å². The number of benzene rings is 2. The van der Waals surface area contributed by atoms with Crippen molar-refractivity contribution < 1.29 is 9.69 Å². The molecule has 1 atom stereocenters. The molecule has 0 saturated heterocycles. The second kappa shape index (κ2) is 7.91. The van der Waals surface area contributed by atoms with Crippen LogP contribution in [0.4, 0.5) is 5.69 Å². The molecule has 0 aromatic heterocycles. The van der Waals surface area contributed by atoms with Crippen LogP contribution in [0.15, 0.2) is 46.9 Å². The number of nitrogens with zero attached hydrogens (tertiary/aromatic N) is 1. The maximum atomic E-state index is 12.2. The number of anilines is 1. The third kappa shape index (κ3) is 4.92. The maximum absolute atomic E-state index is 12.2. The zero-order valence-electron chi connectivity index (χ0n) is 13.2. The molecule has 0 heterocycles. The molecule has 1 unspecified atom stereocenters.